The number of H-pyrrole nitrogens is 1. The van der Waals surface area contributed by atoms with Gasteiger partial charge in [-0.05, 0) is 60.2 Å². The van der Waals surface area contributed by atoms with Crippen LogP contribution in [0.1, 0.15) is 22.2 Å². The highest BCUT2D eigenvalue weighted by atomic mass is 19.1. The fourth-order valence-corrected chi connectivity index (χ4v) is 3.91. The molecule has 0 aliphatic rings. The number of hydrogen-bond acceptors (Lipinski definition) is 6. The van der Waals surface area contributed by atoms with E-state index in [1.165, 1.54) is 43.6 Å². The average Bonchev–Trinajstić information content (AvgIpc) is 3.38. The van der Waals surface area contributed by atoms with Gasteiger partial charge in [0.15, 0.2) is 0 Å². The maximum absolute atomic E-state index is 15.0. The summed E-state index contributed by atoms with van der Waals surface area (Å²) in [6.45, 7) is -0.659. The largest absolute Gasteiger partial charge is 0.394 e. The molecule has 2 heterocycles. The molecule has 1 unspecified atom stereocenters. The molecule has 4 N–H and O–H groups in total. The van der Waals surface area contributed by atoms with Crippen molar-refractivity contribution in [3.63, 3.8) is 0 Å². The van der Waals surface area contributed by atoms with Gasteiger partial charge in [-0.1, -0.05) is 12.1 Å². The van der Waals surface area contributed by atoms with E-state index in [0.29, 0.717) is 17.0 Å². The number of aromatic nitrogens is 3. The van der Waals surface area contributed by atoms with Gasteiger partial charge in [0.2, 0.25) is 0 Å². The highest BCUT2D eigenvalue weighted by Gasteiger charge is 2.33. The van der Waals surface area contributed by atoms with Crippen molar-refractivity contribution in [3.8, 4) is 22.5 Å². The van der Waals surface area contributed by atoms with Crippen LogP contribution in [0.5, 0.6) is 0 Å². The summed E-state index contributed by atoms with van der Waals surface area (Å²) in [6.07, 6.45) is -0.759. The Hall–Kier alpha value is -3.99. The number of halogens is 2. The van der Waals surface area contributed by atoms with Gasteiger partial charge in [0.25, 0.3) is 5.91 Å². The first-order chi connectivity index (χ1) is 17.4. The zero-order valence-electron chi connectivity index (χ0n) is 19.2. The van der Waals surface area contributed by atoms with E-state index in [1.807, 2.05) is 0 Å². The third-order valence-corrected chi connectivity index (χ3v) is 5.71. The van der Waals surface area contributed by atoms with Gasteiger partial charge >= 0.3 is 0 Å². The molecule has 2 aromatic heterocycles. The summed E-state index contributed by atoms with van der Waals surface area (Å²) in [4.78, 5) is 17.6. The van der Waals surface area contributed by atoms with Crippen LogP contribution in [0.2, 0.25) is 0 Å². The number of aliphatic hydroxyl groups excluding tert-OH is 2. The van der Waals surface area contributed by atoms with Crippen LogP contribution < -0.4 is 5.32 Å². The third kappa shape index (κ3) is 5.30. The van der Waals surface area contributed by atoms with Gasteiger partial charge in [-0.25, -0.2) is 8.78 Å². The van der Waals surface area contributed by atoms with Crippen molar-refractivity contribution >= 4 is 5.91 Å². The Kier molecular flexibility index (Phi) is 7.79. The number of amides is 1. The fraction of sp³-hybridized carbons (Fsp3) is 0.192. The summed E-state index contributed by atoms with van der Waals surface area (Å²) in [5.74, 6) is -1.80. The van der Waals surface area contributed by atoms with Gasteiger partial charge in [-0.3, -0.25) is 14.9 Å². The third-order valence-electron chi connectivity index (χ3n) is 5.71. The Bertz CT molecular complexity index is 1320. The maximum atomic E-state index is 15.0. The molecule has 0 radical (unpaired) electrons. The second kappa shape index (κ2) is 11.2. The second-order valence-electron chi connectivity index (χ2n) is 8.00. The van der Waals surface area contributed by atoms with Crippen molar-refractivity contribution in [2.45, 2.75) is 18.2 Å². The zero-order valence-corrected chi connectivity index (χ0v) is 19.2. The first-order valence-electron chi connectivity index (χ1n) is 11.1. The quantitative estimate of drug-likeness (QED) is 0.284. The molecule has 0 saturated heterocycles. The molecule has 0 bridgehead atoms. The smallest absolute Gasteiger partial charge is 0.252 e. The molecule has 0 aliphatic carbocycles. The summed E-state index contributed by atoms with van der Waals surface area (Å²) in [7, 11) is 1.39. The summed E-state index contributed by atoms with van der Waals surface area (Å²) in [5.41, 5.74) is 1.60. The van der Waals surface area contributed by atoms with E-state index in [-0.39, 0.29) is 16.8 Å². The van der Waals surface area contributed by atoms with Gasteiger partial charge in [0, 0.05) is 13.3 Å². The molecule has 36 heavy (non-hydrogen) atoms. The first-order valence-corrected chi connectivity index (χ1v) is 11.1. The molecule has 0 fully saturated rings. The second-order valence-corrected chi connectivity index (χ2v) is 8.00. The van der Waals surface area contributed by atoms with E-state index in [9.17, 15) is 19.4 Å². The van der Waals surface area contributed by atoms with Crippen LogP contribution >= 0.6 is 0 Å². The molecule has 0 spiro atoms. The van der Waals surface area contributed by atoms with Gasteiger partial charge in [-0.15, -0.1) is 0 Å². The number of nitrogens with one attached hydrogen (secondary N) is 2. The van der Waals surface area contributed by atoms with E-state index in [1.54, 1.807) is 36.4 Å². The lowest BCUT2D eigenvalue weighted by Gasteiger charge is -2.30. The van der Waals surface area contributed by atoms with Crippen LogP contribution in [0.3, 0.4) is 0 Å². The van der Waals surface area contributed by atoms with Gasteiger partial charge in [-0.2, -0.15) is 5.10 Å². The van der Waals surface area contributed by atoms with Crippen LogP contribution in [0.4, 0.5) is 8.78 Å². The van der Waals surface area contributed by atoms with Crippen LogP contribution in [-0.4, -0.2) is 57.2 Å². The Morgan fingerprint density at radius 1 is 1.11 bits per heavy atom. The minimum Gasteiger partial charge on any atom is -0.394 e. The number of nitrogens with zero attached hydrogens (tertiary/aromatic N) is 2. The topological polar surface area (TPSA) is 120 Å². The number of benzene rings is 2. The minimum atomic E-state index is -1.40. The molecule has 10 heteroatoms. The number of aromatic amines is 1. The molecule has 0 saturated carbocycles. The highest BCUT2D eigenvalue weighted by molar-refractivity contribution is 6.01. The van der Waals surface area contributed by atoms with Crippen molar-refractivity contribution in [2.75, 3.05) is 13.7 Å². The van der Waals surface area contributed by atoms with Crippen LogP contribution in [0.15, 0.2) is 72.9 Å². The van der Waals surface area contributed by atoms with Gasteiger partial charge < -0.3 is 20.3 Å². The van der Waals surface area contributed by atoms with E-state index in [4.69, 9.17) is 4.74 Å². The first kappa shape index (κ1) is 25.1. The Balaban J connectivity index is 1.68. The molecule has 1 amide bonds. The standard InChI is InChI=1S/C26H24F2N4O4/c1-36-25(19-7-2-3-12-29-19)24(22(34)14-33)30-26(35)17-5-4-6-18(28)23(17)21-13-20(31-32-21)15-8-10-16(27)11-9-15/h2-13,22,24-25,33-34H,14H2,1H3,(H,30,35)(H,31,32)/t22-,24+,25?/m1/s1. The van der Waals surface area contributed by atoms with E-state index >= 15 is 4.39 Å². The van der Waals surface area contributed by atoms with E-state index < -0.39 is 42.4 Å². The monoisotopic (exact) mass is 494 g/mol. The minimum absolute atomic E-state index is 0.0434. The molecule has 2 aromatic carbocycles. The average molecular weight is 494 g/mol. The Labute approximate surface area is 205 Å². The number of aliphatic hydroxyl groups is 2. The van der Waals surface area contributed by atoms with E-state index in [0.717, 1.165) is 0 Å². The van der Waals surface area contributed by atoms with Crippen molar-refractivity contribution in [2.24, 2.45) is 0 Å². The van der Waals surface area contributed by atoms with Crippen molar-refractivity contribution in [3.05, 3.63) is 95.8 Å². The highest BCUT2D eigenvalue weighted by Crippen LogP contribution is 2.30. The van der Waals surface area contributed by atoms with Crippen molar-refractivity contribution < 1.29 is 28.5 Å². The summed E-state index contributed by atoms with van der Waals surface area (Å²) >= 11 is 0. The number of carbonyl (C=O) groups is 1. The van der Waals surface area contributed by atoms with Crippen LogP contribution in [0.25, 0.3) is 22.5 Å². The maximum Gasteiger partial charge on any atom is 0.252 e. The normalized spacial score (nSPS) is 13.7. The predicted molar refractivity (Wildman–Crippen MR) is 128 cm³/mol. The molecule has 3 atom stereocenters. The zero-order chi connectivity index (χ0) is 25.7. The summed E-state index contributed by atoms with van der Waals surface area (Å²) in [5, 5.41) is 29.7. The number of ether oxygens (including phenoxy) is 1. The lowest BCUT2D eigenvalue weighted by atomic mass is 9.98. The lowest BCUT2D eigenvalue weighted by molar-refractivity contribution is -0.0141. The molecule has 0 aliphatic heterocycles. The van der Waals surface area contributed by atoms with Crippen molar-refractivity contribution in [1.82, 2.24) is 20.5 Å². The summed E-state index contributed by atoms with van der Waals surface area (Å²) < 4.78 is 33.8. The fourth-order valence-electron chi connectivity index (χ4n) is 3.91. The Morgan fingerprint density at radius 3 is 2.56 bits per heavy atom. The molecular formula is C26H24F2N4O4. The summed E-state index contributed by atoms with van der Waals surface area (Å²) in [6, 6.07) is 15.2. The SMILES string of the molecule is COC(c1ccccn1)[C@@H](NC(=O)c1cccc(F)c1-c1cc(-c2ccc(F)cc2)[nH]n1)[C@H](O)CO. The Morgan fingerprint density at radius 2 is 1.89 bits per heavy atom. The van der Waals surface area contributed by atoms with Crippen LogP contribution in [0, 0.1) is 11.6 Å². The lowest BCUT2D eigenvalue weighted by Crippen LogP contribution is -2.49. The van der Waals surface area contributed by atoms with Gasteiger partial charge in [0.05, 0.1) is 40.9 Å². The number of pyridine rings is 1. The number of carbonyl (C=O) groups excluding carboxylic acids is 1. The van der Waals surface area contributed by atoms with Crippen molar-refractivity contribution in [1.29, 1.82) is 0 Å². The predicted octanol–water partition coefficient (Wildman–Crippen LogP) is 3.26. The van der Waals surface area contributed by atoms with E-state index in [2.05, 4.69) is 20.5 Å². The number of rotatable bonds is 9. The molecule has 4 rings (SSSR count). The molecular weight excluding hydrogens is 470 g/mol. The number of methoxy groups -OCH3 is 1. The molecule has 186 valence electrons. The van der Waals surface area contributed by atoms with Crippen LogP contribution in [-0.2, 0) is 4.74 Å². The van der Waals surface area contributed by atoms with Gasteiger partial charge in [0.1, 0.15) is 23.8 Å². The molecule has 4 aromatic rings. The number of hydrogen-bond donors (Lipinski definition) is 4. The molecule has 8 nitrogen and oxygen atoms in total.